The van der Waals surface area contributed by atoms with Crippen LogP contribution in [0.5, 0.6) is 5.75 Å². The summed E-state index contributed by atoms with van der Waals surface area (Å²) in [5, 5.41) is 17.6. The highest BCUT2D eigenvalue weighted by Gasteiger charge is 2.30. The molecule has 2 aromatic rings. The Hall–Kier alpha value is -2.54. The number of fused-ring (bicyclic) bond motifs is 1. The first-order valence-corrected chi connectivity index (χ1v) is 6.12. The number of aromatic nitrogens is 1. The maximum absolute atomic E-state index is 12.2. The third-order valence-corrected chi connectivity index (χ3v) is 3.21. The first kappa shape index (κ1) is 12.5. The number of hydrogen-bond acceptors (Lipinski definition) is 6. The van der Waals surface area contributed by atoms with Gasteiger partial charge in [0, 0.05) is 7.05 Å². The van der Waals surface area contributed by atoms with E-state index in [2.05, 4.69) is 15.9 Å². The molecule has 0 saturated carbocycles. The first-order valence-electron chi connectivity index (χ1n) is 6.12. The number of nitrogens with one attached hydrogen (secondary N) is 2. The van der Waals surface area contributed by atoms with E-state index in [1.54, 1.807) is 38.2 Å². The molecular formula is C13H14N4O3. The summed E-state index contributed by atoms with van der Waals surface area (Å²) in [6.07, 6.45) is -0.363. The minimum absolute atomic E-state index is 0.183. The van der Waals surface area contributed by atoms with Gasteiger partial charge >= 0.3 is 0 Å². The monoisotopic (exact) mass is 274 g/mol. The Bertz CT molecular complexity index is 650. The average molecular weight is 274 g/mol. The number of benzene rings is 1. The highest BCUT2D eigenvalue weighted by atomic mass is 16.5. The molecule has 20 heavy (non-hydrogen) atoms. The maximum Gasteiger partial charge on any atom is 0.275 e. The summed E-state index contributed by atoms with van der Waals surface area (Å²) in [7, 11) is 1.64. The van der Waals surface area contributed by atoms with Crippen molar-refractivity contribution in [3.05, 3.63) is 41.1 Å². The zero-order chi connectivity index (χ0) is 14.3. The van der Waals surface area contributed by atoms with Crippen LogP contribution in [0.25, 0.3) is 0 Å². The van der Waals surface area contributed by atoms with Crippen LogP contribution >= 0.6 is 0 Å². The second kappa shape index (κ2) is 4.53. The van der Waals surface area contributed by atoms with Crippen LogP contribution in [-0.2, 0) is 0 Å². The van der Waals surface area contributed by atoms with Gasteiger partial charge in [0.25, 0.3) is 5.91 Å². The van der Waals surface area contributed by atoms with Crippen LogP contribution in [0.15, 0.2) is 28.8 Å². The fraction of sp³-hybridized carbons (Fsp3) is 0.231. The van der Waals surface area contributed by atoms with Gasteiger partial charge in [-0.25, -0.2) is 5.43 Å². The summed E-state index contributed by atoms with van der Waals surface area (Å²) >= 11 is 0. The van der Waals surface area contributed by atoms with Gasteiger partial charge in [0.05, 0.1) is 5.69 Å². The Kier molecular flexibility index (Phi) is 2.83. The molecule has 1 aliphatic heterocycles. The van der Waals surface area contributed by atoms with Crippen molar-refractivity contribution < 1.29 is 14.4 Å². The summed E-state index contributed by atoms with van der Waals surface area (Å²) in [4.78, 5) is 12.2. The van der Waals surface area contributed by atoms with Crippen molar-refractivity contribution in [2.24, 2.45) is 0 Å². The van der Waals surface area contributed by atoms with Crippen molar-refractivity contribution in [2.45, 2.75) is 13.1 Å². The van der Waals surface area contributed by atoms with Crippen LogP contribution in [0.1, 0.15) is 27.8 Å². The molecule has 1 unspecified atom stereocenters. The molecule has 1 aromatic carbocycles. The maximum atomic E-state index is 12.2. The SMILES string of the molecule is Cc1noc2c1C(=O)N(C)NC(c1ccc(O)cc1)N2. The van der Waals surface area contributed by atoms with Crippen molar-refractivity contribution in [3.63, 3.8) is 0 Å². The van der Waals surface area contributed by atoms with E-state index in [1.807, 2.05) is 0 Å². The highest BCUT2D eigenvalue weighted by Crippen LogP contribution is 2.28. The molecule has 3 N–H and O–H groups in total. The van der Waals surface area contributed by atoms with Crippen LogP contribution in [0.2, 0.25) is 0 Å². The van der Waals surface area contributed by atoms with Gasteiger partial charge in [0.2, 0.25) is 5.88 Å². The Morgan fingerprint density at radius 1 is 1.35 bits per heavy atom. The minimum atomic E-state index is -0.363. The van der Waals surface area contributed by atoms with E-state index in [0.29, 0.717) is 17.1 Å². The summed E-state index contributed by atoms with van der Waals surface area (Å²) < 4.78 is 5.16. The van der Waals surface area contributed by atoms with Gasteiger partial charge in [-0.05, 0) is 24.6 Å². The average Bonchev–Trinajstić information content (AvgIpc) is 2.72. The largest absolute Gasteiger partial charge is 0.508 e. The van der Waals surface area contributed by atoms with Crippen molar-refractivity contribution in [1.82, 2.24) is 15.6 Å². The molecule has 0 aliphatic carbocycles. The van der Waals surface area contributed by atoms with E-state index in [1.165, 1.54) is 5.01 Å². The smallest absolute Gasteiger partial charge is 0.275 e. The number of carbonyl (C=O) groups is 1. The van der Waals surface area contributed by atoms with E-state index >= 15 is 0 Å². The van der Waals surface area contributed by atoms with Gasteiger partial charge in [0.1, 0.15) is 17.5 Å². The van der Waals surface area contributed by atoms with Gasteiger partial charge in [-0.1, -0.05) is 17.3 Å². The van der Waals surface area contributed by atoms with E-state index in [9.17, 15) is 9.90 Å². The molecule has 1 amide bonds. The van der Waals surface area contributed by atoms with E-state index in [0.717, 1.165) is 5.56 Å². The molecule has 2 heterocycles. The molecule has 1 aliphatic rings. The molecule has 7 nitrogen and oxygen atoms in total. The van der Waals surface area contributed by atoms with E-state index in [-0.39, 0.29) is 17.8 Å². The summed E-state index contributed by atoms with van der Waals surface area (Å²) in [6, 6.07) is 6.68. The number of rotatable bonds is 1. The fourth-order valence-corrected chi connectivity index (χ4v) is 2.13. The number of amides is 1. The first-order chi connectivity index (χ1) is 9.56. The fourth-order valence-electron chi connectivity index (χ4n) is 2.13. The van der Waals surface area contributed by atoms with Crippen LogP contribution in [-0.4, -0.2) is 28.2 Å². The zero-order valence-electron chi connectivity index (χ0n) is 11.0. The lowest BCUT2D eigenvalue weighted by atomic mass is 10.1. The molecule has 7 heteroatoms. The van der Waals surface area contributed by atoms with Crippen LogP contribution in [0, 0.1) is 6.92 Å². The Labute approximate surface area is 115 Å². The molecule has 0 fully saturated rings. The molecular weight excluding hydrogens is 260 g/mol. The molecule has 0 saturated heterocycles. The predicted octanol–water partition coefficient (Wildman–Crippen LogP) is 1.39. The number of hydrogen-bond donors (Lipinski definition) is 3. The standard InChI is InChI=1S/C13H14N4O3/c1-7-10-12(20-16-7)14-11(15-17(2)13(10)19)8-3-5-9(18)6-4-8/h3-6,11,14-15,18H,1-2H3. The third-order valence-electron chi connectivity index (χ3n) is 3.21. The molecule has 1 atom stereocenters. The van der Waals surface area contributed by atoms with E-state index in [4.69, 9.17) is 4.52 Å². The van der Waals surface area contributed by atoms with Crippen molar-refractivity contribution in [1.29, 1.82) is 0 Å². The molecule has 104 valence electrons. The van der Waals surface area contributed by atoms with Crippen molar-refractivity contribution in [2.75, 3.05) is 12.4 Å². The second-order valence-corrected chi connectivity index (χ2v) is 4.63. The normalized spacial score (nSPS) is 18.4. The number of anilines is 1. The lowest BCUT2D eigenvalue weighted by Crippen LogP contribution is -2.41. The lowest BCUT2D eigenvalue weighted by molar-refractivity contribution is 0.0702. The number of phenols is 1. The Morgan fingerprint density at radius 3 is 2.75 bits per heavy atom. The Morgan fingerprint density at radius 2 is 2.05 bits per heavy atom. The summed E-state index contributed by atoms with van der Waals surface area (Å²) in [5.74, 6) is 0.304. The van der Waals surface area contributed by atoms with E-state index < -0.39 is 0 Å². The molecule has 1 aromatic heterocycles. The number of aryl methyl sites for hydroxylation is 1. The molecule has 3 rings (SSSR count). The van der Waals surface area contributed by atoms with Gasteiger partial charge < -0.3 is 14.9 Å². The summed E-state index contributed by atoms with van der Waals surface area (Å²) in [5.41, 5.74) is 4.84. The molecule has 0 radical (unpaired) electrons. The van der Waals surface area contributed by atoms with Gasteiger partial charge in [-0.3, -0.25) is 9.80 Å². The molecule has 0 bridgehead atoms. The van der Waals surface area contributed by atoms with Crippen molar-refractivity contribution in [3.8, 4) is 5.75 Å². The highest BCUT2D eigenvalue weighted by molar-refractivity contribution is 5.99. The van der Waals surface area contributed by atoms with Gasteiger partial charge in [0.15, 0.2) is 0 Å². The number of carbonyl (C=O) groups excluding carboxylic acids is 1. The third kappa shape index (κ3) is 1.97. The minimum Gasteiger partial charge on any atom is -0.508 e. The van der Waals surface area contributed by atoms with Crippen LogP contribution in [0.4, 0.5) is 5.88 Å². The quantitative estimate of drug-likeness (QED) is 0.728. The van der Waals surface area contributed by atoms with Crippen molar-refractivity contribution >= 4 is 11.8 Å². The lowest BCUT2D eigenvalue weighted by Gasteiger charge is -2.23. The zero-order valence-corrected chi connectivity index (χ0v) is 11.0. The number of hydrazine groups is 1. The van der Waals surface area contributed by atoms with Gasteiger partial charge in [-0.15, -0.1) is 0 Å². The van der Waals surface area contributed by atoms with Crippen LogP contribution < -0.4 is 10.7 Å². The number of nitrogens with zero attached hydrogens (tertiary/aromatic N) is 2. The number of phenolic OH excluding ortho intramolecular Hbond substituents is 1. The molecule has 0 spiro atoms. The number of aromatic hydroxyl groups is 1. The topological polar surface area (TPSA) is 90.6 Å². The second-order valence-electron chi connectivity index (χ2n) is 4.63. The van der Waals surface area contributed by atoms with Gasteiger partial charge in [-0.2, -0.15) is 0 Å². The Balaban J connectivity index is 2.00. The van der Waals surface area contributed by atoms with Crippen LogP contribution in [0.3, 0.4) is 0 Å². The predicted molar refractivity (Wildman–Crippen MR) is 70.9 cm³/mol. The summed E-state index contributed by atoms with van der Waals surface area (Å²) in [6.45, 7) is 1.72.